The van der Waals surface area contributed by atoms with Crippen LogP contribution in [0.15, 0.2) is 35.1 Å². The van der Waals surface area contributed by atoms with Crippen LogP contribution in [0.2, 0.25) is 0 Å². The quantitative estimate of drug-likeness (QED) is 0.629. The highest BCUT2D eigenvalue weighted by molar-refractivity contribution is 7.21. The average Bonchev–Trinajstić information content (AvgIpc) is 3.09. The van der Waals surface area contributed by atoms with E-state index in [-0.39, 0.29) is 27.9 Å². The van der Waals surface area contributed by atoms with Crippen molar-refractivity contribution >= 4 is 32.7 Å². The second kappa shape index (κ2) is 8.42. The molecule has 2 aromatic heterocycles. The van der Waals surface area contributed by atoms with Crippen molar-refractivity contribution in [1.29, 1.82) is 0 Å². The van der Waals surface area contributed by atoms with Crippen LogP contribution in [0.5, 0.6) is 0 Å². The van der Waals surface area contributed by atoms with Crippen molar-refractivity contribution in [2.45, 2.75) is 39.4 Å². The summed E-state index contributed by atoms with van der Waals surface area (Å²) in [7, 11) is 0. The molecule has 10 heteroatoms. The number of nitrogens with zero attached hydrogens (tertiary/aromatic N) is 3. The van der Waals surface area contributed by atoms with Gasteiger partial charge in [-0.15, -0.1) is 0 Å². The van der Waals surface area contributed by atoms with Gasteiger partial charge in [-0.05, 0) is 19.4 Å². The molecule has 148 valence electrons. The van der Waals surface area contributed by atoms with Crippen molar-refractivity contribution < 1.29 is 13.6 Å². The minimum absolute atomic E-state index is 0.00986. The third-order valence-corrected chi connectivity index (χ3v) is 4.98. The minimum atomic E-state index is -2.86. The Morgan fingerprint density at radius 3 is 2.61 bits per heavy atom. The van der Waals surface area contributed by atoms with Gasteiger partial charge in [-0.3, -0.25) is 14.2 Å². The number of carbonyl (C=O) groups is 1. The van der Waals surface area contributed by atoms with E-state index in [9.17, 15) is 18.4 Å². The maximum atomic E-state index is 13.2. The summed E-state index contributed by atoms with van der Waals surface area (Å²) in [6, 6.07) is 8.82. The first kappa shape index (κ1) is 19.9. The molecule has 2 heterocycles. The maximum Gasteiger partial charge on any atom is 0.295 e. The highest BCUT2D eigenvalue weighted by Gasteiger charge is 2.21. The van der Waals surface area contributed by atoms with E-state index in [2.05, 4.69) is 20.6 Å². The number of amides is 1. The van der Waals surface area contributed by atoms with Gasteiger partial charge in [-0.25, -0.2) is 18.7 Å². The molecule has 7 nitrogen and oxygen atoms in total. The molecule has 1 atom stereocenters. The number of thiazole rings is 1. The minimum Gasteiger partial charge on any atom is -0.350 e. The molecule has 0 bridgehead atoms. The lowest BCUT2D eigenvalue weighted by Crippen LogP contribution is -2.37. The normalized spacial score (nSPS) is 12.3. The molecule has 0 spiro atoms. The molecule has 28 heavy (non-hydrogen) atoms. The third kappa shape index (κ3) is 4.16. The Bertz CT molecular complexity index is 1040. The molecule has 1 unspecified atom stereocenters. The average molecular weight is 407 g/mol. The van der Waals surface area contributed by atoms with Crippen LogP contribution >= 0.6 is 11.3 Å². The van der Waals surface area contributed by atoms with Crippen molar-refractivity contribution in [3.8, 4) is 0 Å². The first-order chi connectivity index (χ1) is 13.4. The Hall–Kier alpha value is -2.88. The number of carbonyl (C=O) groups excluding carboxylic acids is 1. The SMILES string of the molecule is CCn1c(C(F)F)nc2sc(NC(C)C(=O)NCc3ccccc3)nc2c1=O. The predicted molar refractivity (Wildman–Crippen MR) is 104 cm³/mol. The first-order valence-corrected chi connectivity index (χ1v) is 9.50. The van der Waals surface area contributed by atoms with Crippen LogP contribution in [-0.4, -0.2) is 26.5 Å². The van der Waals surface area contributed by atoms with Crippen LogP contribution in [0, 0.1) is 0 Å². The summed E-state index contributed by atoms with van der Waals surface area (Å²) in [6.07, 6.45) is -2.86. The number of benzene rings is 1. The molecule has 0 aliphatic carbocycles. The maximum absolute atomic E-state index is 13.2. The van der Waals surface area contributed by atoms with Crippen LogP contribution in [-0.2, 0) is 17.9 Å². The summed E-state index contributed by atoms with van der Waals surface area (Å²) < 4.78 is 27.2. The van der Waals surface area contributed by atoms with Crippen LogP contribution < -0.4 is 16.2 Å². The number of hydrogen-bond donors (Lipinski definition) is 2. The number of anilines is 1. The van der Waals surface area contributed by atoms with E-state index in [0.29, 0.717) is 6.54 Å². The molecule has 1 aromatic carbocycles. The Morgan fingerprint density at radius 2 is 1.96 bits per heavy atom. The van der Waals surface area contributed by atoms with Crippen LogP contribution in [0.25, 0.3) is 10.3 Å². The number of halogens is 2. The highest BCUT2D eigenvalue weighted by atomic mass is 32.1. The number of alkyl halides is 2. The molecule has 0 aliphatic rings. The van der Waals surface area contributed by atoms with Crippen molar-refractivity contribution in [2.75, 3.05) is 5.32 Å². The second-order valence-corrected chi connectivity index (χ2v) is 7.04. The Kier molecular flexibility index (Phi) is 5.98. The van der Waals surface area contributed by atoms with Gasteiger partial charge in [0.25, 0.3) is 12.0 Å². The molecule has 0 saturated heterocycles. The van der Waals surface area contributed by atoms with Gasteiger partial charge in [0.2, 0.25) is 5.91 Å². The molecule has 0 aliphatic heterocycles. The molecular weight excluding hydrogens is 388 g/mol. The summed E-state index contributed by atoms with van der Waals surface area (Å²) in [4.78, 5) is 32.8. The largest absolute Gasteiger partial charge is 0.350 e. The fraction of sp³-hybridized carbons (Fsp3) is 0.333. The van der Waals surface area contributed by atoms with Gasteiger partial charge in [0.15, 0.2) is 21.3 Å². The molecule has 2 N–H and O–H groups in total. The fourth-order valence-electron chi connectivity index (χ4n) is 2.65. The van der Waals surface area contributed by atoms with E-state index >= 15 is 0 Å². The van der Waals surface area contributed by atoms with E-state index < -0.39 is 23.9 Å². The summed E-state index contributed by atoms with van der Waals surface area (Å²) in [5.74, 6) is -0.834. The van der Waals surface area contributed by atoms with Gasteiger partial charge in [-0.2, -0.15) is 0 Å². The Balaban J connectivity index is 1.75. The number of rotatable bonds is 7. The molecule has 0 saturated carbocycles. The monoisotopic (exact) mass is 407 g/mol. The fourth-order valence-corrected chi connectivity index (χ4v) is 3.57. The number of aromatic nitrogens is 3. The lowest BCUT2D eigenvalue weighted by atomic mass is 10.2. The number of hydrogen-bond acceptors (Lipinski definition) is 6. The molecule has 1 amide bonds. The van der Waals surface area contributed by atoms with Gasteiger partial charge < -0.3 is 10.6 Å². The van der Waals surface area contributed by atoms with Gasteiger partial charge >= 0.3 is 0 Å². The predicted octanol–water partition coefficient (Wildman–Crippen LogP) is 2.93. The highest BCUT2D eigenvalue weighted by Crippen LogP contribution is 2.25. The summed E-state index contributed by atoms with van der Waals surface area (Å²) in [6.45, 7) is 3.69. The van der Waals surface area contributed by atoms with Crippen LogP contribution in [0.4, 0.5) is 13.9 Å². The summed E-state index contributed by atoms with van der Waals surface area (Å²) in [5, 5.41) is 5.98. The van der Waals surface area contributed by atoms with Gasteiger partial charge in [-0.1, -0.05) is 41.7 Å². The smallest absolute Gasteiger partial charge is 0.295 e. The Labute approximate surface area is 163 Å². The van der Waals surface area contributed by atoms with Crippen molar-refractivity contribution in [2.24, 2.45) is 0 Å². The van der Waals surface area contributed by atoms with Gasteiger partial charge in [0, 0.05) is 13.1 Å². The molecule has 3 aromatic rings. The molecular formula is C18H19F2N5O2S. The van der Waals surface area contributed by atoms with E-state index in [1.807, 2.05) is 30.3 Å². The molecule has 0 fully saturated rings. The zero-order valence-corrected chi connectivity index (χ0v) is 16.1. The first-order valence-electron chi connectivity index (χ1n) is 8.68. The number of fused-ring (bicyclic) bond motifs is 1. The molecule has 3 rings (SSSR count). The Morgan fingerprint density at radius 1 is 1.25 bits per heavy atom. The van der Waals surface area contributed by atoms with Crippen molar-refractivity contribution in [3.05, 3.63) is 52.1 Å². The van der Waals surface area contributed by atoms with Crippen LogP contribution in [0.1, 0.15) is 31.7 Å². The lowest BCUT2D eigenvalue weighted by molar-refractivity contribution is -0.121. The third-order valence-electron chi connectivity index (χ3n) is 4.10. The van der Waals surface area contributed by atoms with Gasteiger partial charge in [0.1, 0.15) is 6.04 Å². The van der Waals surface area contributed by atoms with Crippen LogP contribution in [0.3, 0.4) is 0 Å². The van der Waals surface area contributed by atoms with Crippen molar-refractivity contribution in [3.63, 3.8) is 0 Å². The zero-order valence-electron chi connectivity index (χ0n) is 15.3. The number of nitrogens with one attached hydrogen (secondary N) is 2. The summed E-state index contributed by atoms with van der Waals surface area (Å²) in [5.41, 5.74) is 0.357. The lowest BCUT2D eigenvalue weighted by Gasteiger charge is -2.13. The van der Waals surface area contributed by atoms with E-state index in [4.69, 9.17) is 0 Å². The van der Waals surface area contributed by atoms with Crippen molar-refractivity contribution in [1.82, 2.24) is 19.9 Å². The standard InChI is InChI=1S/C18H19F2N5O2S/c1-3-25-14(13(19)20)24-16-12(17(25)27)23-18(28-16)22-10(2)15(26)21-9-11-7-5-4-6-8-11/h4-8,10,13H,3,9H2,1-2H3,(H,21,26)(H,22,23). The topological polar surface area (TPSA) is 88.9 Å². The summed E-state index contributed by atoms with van der Waals surface area (Å²) >= 11 is 0.962. The van der Waals surface area contributed by atoms with E-state index in [0.717, 1.165) is 21.5 Å². The second-order valence-electron chi connectivity index (χ2n) is 6.06. The van der Waals surface area contributed by atoms with E-state index in [1.54, 1.807) is 13.8 Å². The zero-order chi connectivity index (χ0) is 20.3. The van der Waals surface area contributed by atoms with E-state index in [1.165, 1.54) is 0 Å². The van der Waals surface area contributed by atoms with Gasteiger partial charge in [0.05, 0.1) is 0 Å². The molecule has 0 radical (unpaired) electrons.